The summed E-state index contributed by atoms with van der Waals surface area (Å²) in [7, 11) is -4.08. The molecule has 0 bridgehead atoms. The number of nitro groups is 1. The largest absolute Gasteiger partial charge is 0.324 e. The molecule has 0 atom stereocenters. The molecular weight excluding hydrogens is 319 g/mol. The van der Waals surface area contributed by atoms with E-state index in [0.29, 0.717) is 5.33 Å². The molecule has 0 aliphatic rings. The molecule has 0 fully saturated rings. The van der Waals surface area contributed by atoms with Crippen LogP contribution >= 0.6 is 15.9 Å². The summed E-state index contributed by atoms with van der Waals surface area (Å²) in [6, 6.07) is 2.92. The summed E-state index contributed by atoms with van der Waals surface area (Å²) in [6.07, 6.45) is 0. The molecule has 6 nitrogen and oxygen atoms in total. The maximum atomic E-state index is 13.2. The Kier molecular flexibility index (Phi) is 4.54. The zero-order valence-electron chi connectivity index (χ0n) is 8.39. The zero-order valence-corrected chi connectivity index (χ0v) is 10.8. The molecule has 1 N–H and O–H groups in total. The van der Waals surface area contributed by atoms with Gasteiger partial charge in [0.15, 0.2) is 4.90 Å². The molecule has 1 aromatic rings. The summed E-state index contributed by atoms with van der Waals surface area (Å²) in [6.45, 7) is 0.0516. The van der Waals surface area contributed by atoms with Crippen molar-refractivity contribution in [3.63, 3.8) is 0 Å². The van der Waals surface area contributed by atoms with E-state index in [-0.39, 0.29) is 6.54 Å². The summed E-state index contributed by atoms with van der Waals surface area (Å²) in [5.41, 5.74) is -1.05. The van der Waals surface area contributed by atoms with Gasteiger partial charge < -0.3 is 0 Å². The number of para-hydroxylation sites is 1. The maximum Gasteiger partial charge on any atom is 0.324 e. The van der Waals surface area contributed by atoms with Crippen molar-refractivity contribution >= 4 is 31.6 Å². The normalized spacial score (nSPS) is 11.4. The van der Waals surface area contributed by atoms with Crippen molar-refractivity contribution in [3.05, 3.63) is 34.1 Å². The molecular formula is C8H8BrFN2O4S. The molecule has 94 valence electrons. The molecule has 0 heterocycles. The summed E-state index contributed by atoms with van der Waals surface area (Å²) in [5, 5.41) is 11.0. The van der Waals surface area contributed by atoms with Crippen LogP contribution in [0.2, 0.25) is 0 Å². The molecule has 1 aromatic carbocycles. The highest BCUT2D eigenvalue weighted by molar-refractivity contribution is 9.09. The highest BCUT2D eigenvalue weighted by Gasteiger charge is 2.28. The van der Waals surface area contributed by atoms with Crippen molar-refractivity contribution in [1.82, 2.24) is 4.72 Å². The SMILES string of the molecule is O=[N+]([O-])c1c(F)cccc1S(=O)(=O)NCCBr. The number of sulfonamides is 1. The lowest BCUT2D eigenvalue weighted by molar-refractivity contribution is -0.390. The quantitative estimate of drug-likeness (QED) is 0.503. The van der Waals surface area contributed by atoms with Crippen molar-refractivity contribution in [2.75, 3.05) is 11.9 Å². The third-order valence-electron chi connectivity index (χ3n) is 1.81. The maximum absolute atomic E-state index is 13.2. The molecule has 0 spiro atoms. The second kappa shape index (κ2) is 5.52. The minimum absolute atomic E-state index is 0.0516. The smallest absolute Gasteiger partial charge is 0.258 e. The summed E-state index contributed by atoms with van der Waals surface area (Å²) in [5.74, 6) is -1.18. The monoisotopic (exact) mass is 326 g/mol. The van der Waals surface area contributed by atoms with E-state index >= 15 is 0 Å². The lowest BCUT2D eigenvalue weighted by Gasteiger charge is -2.06. The number of hydrogen-bond donors (Lipinski definition) is 1. The van der Waals surface area contributed by atoms with Crippen LogP contribution in [-0.2, 0) is 10.0 Å². The highest BCUT2D eigenvalue weighted by Crippen LogP contribution is 2.26. The van der Waals surface area contributed by atoms with Crippen molar-refractivity contribution in [2.45, 2.75) is 4.90 Å². The van der Waals surface area contributed by atoms with Gasteiger partial charge in [-0.25, -0.2) is 13.1 Å². The van der Waals surface area contributed by atoms with Crippen LogP contribution in [0.3, 0.4) is 0 Å². The first-order chi connectivity index (χ1) is 7.90. The lowest BCUT2D eigenvalue weighted by atomic mass is 10.3. The van der Waals surface area contributed by atoms with Gasteiger partial charge in [-0.05, 0) is 12.1 Å². The van der Waals surface area contributed by atoms with Crippen molar-refractivity contribution in [1.29, 1.82) is 0 Å². The van der Waals surface area contributed by atoms with Crippen LogP contribution in [0.4, 0.5) is 10.1 Å². The predicted octanol–water partition coefficient (Wildman–Crippen LogP) is 1.41. The Labute approximate surface area is 105 Å². The van der Waals surface area contributed by atoms with Crippen LogP contribution in [0.25, 0.3) is 0 Å². The second-order valence-corrected chi connectivity index (χ2v) is 5.46. The molecule has 1 rings (SSSR count). The first kappa shape index (κ1) is 14.0. The van der Waals surface area contributed by atoms with Crippen LogP contribution in [0.1, 0.15) is 0 Å². The minimum atomic E-state index is -4.08. The Morgan fingerprint density at radius 2 is 2.12 bits per heavy atom. The molecule has 0 radical (unpaired) electrons. The van der Waals surface area contributed by atoms with Gasteiger partial charge in [0, 0.05) is 11.9 Å². The van der Waals surface area contributed by atoms with Crippen LogP contribution in [0.5, 0.6) is 0 Å². The van der Waals surface area contributed by atoms with Gasteiger partial charge in [-0.2, -0.15) is 4.39 Å². The van der Waals surface area contributed by atoms with E-state index in [9.17, 15) is 22.9 Å². The van der Waals surface area contributed by atoms with Gasteiger partial charge in [0.2, 0.25) is 15.8 Å². The van der Waals surface area contributed by atoms with E-state index in [1.165, 1.54) is 0 Å². The highest BCUT2D eigenvalue weighted by atomic mass is 79.9. The summed E-state index contributed by atoms with van der Waals surface area (Å²) < 4.78 is 38.6. The van der Waals surface area contributed by atoms with Gasteiger partial charge in [0.1, 0.15) is 0 Å². The zero-order chi connectivity index (χ0) is 13.1. The summed E-state index contributed by atoms with van der Waals surface area (Å²) in [4.78, 5) is 8.89. The minimum Gasteiger partial charge on any atom is -0.258 e. The van der Waals surface area contributed by atoms with Crippen molar-refractivity contribution in [2.24, 2.45) is 0 Å². The molecule has 0 saturated heterocycles. The van der Waals surface area contributed by atoms with Gasteiger partial charge in [-0.1, -0.05) is 22.0 Å². The van der Waals surface area contributed by atoms with Gasteiger partial charge in [-0.3, -0.25) is 10.1 Å². The molecule has 9 heteroatoms. The number of nitrogens with zero attached hydrogens (tertiary/aromatic N) is 1. The number of benzene rings is 1. The van der Waals surface area contributed by atoms with Crippen LogP contribution in [0.15, 0.2) is 23.1 Å². The average Bonchev–Trinajstić information content (AvgIpc) is 2.25. The van der Waals surface area contributed by atoms with Crippen molar-refractivity contribution < 1.29 is 17.7 Å². The molecule has 0 aliphatic heterocycles. The molecule has 0 unspecified atom stereocenters. The second-order valence-electron chi connectivity index (χ2n) is 2.93. The lowest BCUT2D eigenvalue weighted by Crippen LogP contribution is -2.26. The number of rotatable bonds is 5. The Bertz CT molecular complexity index is 534. The molecule has 0 aliphatic carbocycles. The topological polar surface area (TPSA) is 89.3 Å². The fourth-order valence-electron chi connectivity index (χ4n) is 1.14. The number of alkyl halides is 1. The van der Waals surface area contributed by atoms with E-state index in [1.807, 2.05) is 0 Å². The van der Waals surface area contributed by atoms with E-state index in [4.69, 9.17) is 0 Å². The number of nitrogens with one attached hydrogen (secondary N) is 1. The fourth-order valence-corrected chi connectivity index (χ4v) is 2.81. The predicted molar refractivity (Wildman–Crippen MR) is 62.0 cm³/mol. The first-order valence-corrected chi connectivity index (χ1v) is 6.99. The summed E-state index contributed by atoms with van der Waals surface area (Å²) >= 11 is 3.00. The standard InChI is InChI=1S/C8H8BrFN2O4S/c9-4-5-11-17(15,16)7-3-1-2-6(10)8(7)12(13)14/h1-3,11H,4-5H2. The van der Waals surface area contributed by atoms with E-state index in [1.54, 1.807) is 0 Å². The Morgan fingerprint density at radius 1 is 1.47 bits per heavy atom. The Hall–Kier alpha value is -1.06. The first-order valence-electron chi connectivity index (χ1n) is 4.38. The number of hydrogen-bond acceptors (Lipinski definition) is 4. The molecule has 0 saturated carbocycles. The number of nitro benzene ring substituents is 1. The third-order valence-corrected chi connectivity index (χ3v) is 3.70. The van der Waals surface area contributed by atoms with Crippen molar-refractivity contribution in [3.8, 4) is 0 Å². The Balaban J connectivity index is 3.31. The van der Waals surface area contributed by atoms with Gasteiger partial charge in [0.05, 0.1) is 4.92 Å². The van der Waals surface area contributed by atoms with E-state index in [0.717, 1.165) is 18.2 Å². The van der Waals surface area contributed by atoms with Gasteiger partial charge in [0.25, 0.3) is 0 Å². The number of halogens is 2. The molecule has 0 aromatic heterocycles. The third kappa shape index (κ3) is 3.20. The van der Waals surface area contributed by atoms with Gasteiger partial charge >= 0.3 is 5.69 Å². The Morgan fingerprint density at radius 3 is 2.65 bits per heavy atom. The molecule has 0 amide bonds. The average molecular weight is 327 g/mol. The molecule has 17 heavy (non-hydrogen) atoms. The van der Waals surface area contributed by atoms with Crippen LogP contribution in [-0.4, -0.2) is 25.2 Å². The van der Waals surface area contributed by atoms with Gasteiger partial charge in [-0.15, -0.1) is 0 Å². The van der Waals surface area contributed by atoms with Crippen LogP contribution in [0, 0.1) is 15.9 Å². The van der Waals surface area contributed by atoms with E-state index in [2.05, 4.69) is 20.7 Å². The van der Waals surface area contributed by atoms with E-state index < -0.39 is 31.3 Å². The fraction of sp³-hybridized carbons (Fsp3) is 0.250. The van der Waals surface area contributed by atoms with Crippen LogP contribution < -0.4 is 4.72 Å².